The van der Waals surface area contributed by atoms with E-state index in [0.29, 0.717) is 15.6 Å². The zero-order valence-corrected chi connectivity index (χ0v) is 13.4. The van der Waals surface area contributed by atoms with E-state index in [-0.39, 0.29) is 18.0 Å². The van der Waals surface area contributed by atoms with Crippen molar-refractivity contribution in [1.29, 1.82) is 0 Å². The van der Waals surface area contributed by atoms with Crippen molar-refractivity contribution in [2.75, 3.05) is 0 Å². The number of hydrogen-bond acceptors (Lipinski definition) is 1. The van der Waals surface area contributed by atoms with Crippen molar-refractivity contribution in [2.24, 2.45) is 0 Å². The fourth-order valence-corrected chi connectivity index (χ4v) is 2.68. The molecule has 2 rings (SSSR count). The highest BCUT2D eigenvalue weighted by Gasteiger charge is 2.14. The summed E-state index contributed by atoms with van der Waals surface area (Å²) in [6.45, 7) is 1.93. The van der Waals surface area contributed by atoms with Gasteiger partial charge in [0, 0.05) is 16.5 Å². The second-order valence-electron chi connectivity index (χ2n) is 4.30. The Morgan fingerprint density at radius 2 is 1.95 bits per heavy atom. The van der Waals surface area contributed by atoms with E-state index in [9.17, 15) is 9.18 Å². The minimum atomic E-state index is -0.353. The molecule has 19 heavy (non-hydrogen) atoms. The number of aryl methyl sites for hydroxylation is 1. The van der Waals surface area contributed by atoms with Gasteiger partial charge in [-0.15, -0.1) is 0 Å². The summed E-state index contributed by atoms with van der Waals surface area (Å²) in [6.07, 6.45) is 0.167. The molecule has 0 bridgehead atoms. The molecule has 0 unspecified atom stereocenters. The summed E-state index contributed by atoms with van der Waals surface area (Å²) < 4.78 is 14.5. The first-order valence-electron chi connectivity index (χ1n) is 5.71. The molecule has 0 aliphatic heterocycles. The molecule has 0 spiro atoms. The Kier molecular flexibility index (Phi) is 4.53. The summed E-state index contributed by atoms with van der Waals surface area (Å²) in [5.74, 6) is -0.393. The van der Waals surface area contributed by atoms with E-state index in [1.165, 1.54) is 6.07 Å². The van der Waals surface area contributed by atoms with Gasteiger partial charge in [-0.25, -0.2) is 4.39 Å². The molecular formula is C15H11Br2FO. The molecule has 0 amide bonds. The summed E-state index contributed by atoms with van der Waals surface area (Å²) in [4.78, 5) is 12.3. The number of benzene rings is 2. The van der Waals surface area contributed by atoms with Crippen LogP contribution >= 0.6 is 31.9 Å². The second-order valence-corrected chi connectivity index (χ2v) is 5.94. The minimum absolute atomic E-state index is 0.0399. The molecule has 0 fully saturated rings. The Labute approximate surface area is 128 Å². The Morgan fingerprint density at radius 3 is 2.68 bits per heavy atom. The Hall–Kier alpha value is -1.00. The van der Waals surface area contributed by atoms with Gasteiger partial charge in [0.2, 0.25) is 0 Å². The van der Waals surface area contributed by atoms with Crippen LogP contribution in [0.2, 0.25) is 0 Å². The van der Waals surface area contributed by atoms with E-state index < -0.39 is 0 Å². The highest BCUT2D eigenvalue weighted by molar-refractivity contribution is 9.10. The van der Waals surface area contributed by atoms with Crippen LogP contribution in [0.3, 0.4) is 0 Å². The maximum atomic E-state index is 13.4. The number of Topliss-reactive ketones (excluding diaryl/α,β-unsaturated/α-hetero) is 1. The third-order valence-corrected chi connectivity index (χ3v) is 4.38. The van der Waals surface area contributed by atoms with E-state index in [4.69, 9.17) is 0 Å². The van der Waals surface area contributed by atoms with Gasteiger partial charge in [-0.1, -0.05) is 39.7 Å². The quantitative estimate of drug-likeness (QED) is 0.673. The molecule has 0 aromatic heterocycles. The van der Waals surface area contributed by atoms with Crippen LogP contribution in [0, 0.1) is 12.7 Å². The third-order valence-electron chi connectivity index (χ3n) is 2.80. The van der Waals surface area contributed by atoms with Crippen molar-refractivity contribution in [3.05, 3.63) is 67.9 Å². The molecule has 2 aromatic rings. The van der Waals surface area contributed by atoms with Gasteiger partial charge in [0.25, 0.3) is 0 Å². The van der Waals surface area contributed by atoms with E-state index in [1.54, 1.807) is 12.1 Å². The number of rotatable bonds is 3. The summed E-state index contributed by atoms with van der Waals surface area (Å²) >= 11 is 6.55. The molecule has 98 valence electrons. The molecule has 0 radical (unpaired) electrons. The molecule has 0 aliphatic rings. The van der Waals surface area contributed by atoms with Crippen LogP contribution in [0.1, 0.15) is 21.5 Å². The van der Waals surface area contributed by atoms with Crippen LogP contribution < -0.4 is 0 Å². The van der Waals surface area contributed by atoms with Crippen molar-refractivity contribution in [2.45, 2.75) is 13.3 Å². The summed E-state index contributed by atoms with van der Waals surface area (Å²) in [5, 5.41) is 0. The van der Waals surface area contributed by atoms with Gasteiger partial charge >= 0.3 is 0 Å². The highest BCUT2D eigenvalue weighted by atomic mass is 79.9. The van der Waals surface area contributed by atoms with Gasteiger partial charge in [-0.3, -0.25) is 4.79 Å². The number of ketones is 1. The van der Waals surface area contributed by atoms with E-state index in [0.717, 1.165) is 10.0 Å². The minimum Gasteiger partial charge on any atom is -0.294 e. The Morgan fingerprint density at radius 1 is 1.21 bits per heavy atom. The molecule has 0 N–H and O–H groups in total. The highest BCUT2D eigenvalue weighted by Crippen LogP contribution is 2.24. The predicted octanol–water partition coefficient (Wildman–Crippen LogP) is 5.08. The SMILES string of the molecule is Cc1ccc(Br)c(C(=O)Cc2cccc(F)c2Br)c1. The van der Waals surface area contributed by atoms with Gasteiger partial charge in [0.05, 0.1) is 4.47 Å². The van der Waals surface area contributed by atoms with Crippen LogP contribution in [0.4, 0.5) is 4.39 Å². The first-order chi connectivity index (χ1) is 8.99. The number of carbonyl (C=O) groups is 1. The smallest absolute Gasteiger partial charge is 0.168 e. The molecule has 0 saturated carbocycles. The summed E-state index contributed by atoms with van der Waals surface area (Å²) in [6, 6.07) is 10.3. The lowest BCUT2D eigenvalue weighted by Crippen LogP contribution is -2.06. The van der Waals surface area contributed by atoms with Crippen molar-refractivity contribution in [1.82, 2.24) is 0 Å². The van der Waals surface area contributed by atoms with Crippen molar-refractivity contribution >= 4 is 37.6 Å². The number of hydrogen-bond donors (Lipinski definition) is 0. The standard InChI is InChI=1S/C15H11Br2FO/c1-9-5-6-12(16)11(7-9)14(19)8-10-3-2-4-13(18)15(10)17/h2-7H,8H2,1H3. The summed E-state index contributed by atoms with van der Waals surface area (Å²) in [5.41, 5.74) is 2.29. The zero-order valence-electron chi connectivity index (χ0n) is 10.2. The zero-order chi connectivity index (χ0) is 14.0. The Bertz CT molecular complexity index is 638. The maximum Gasteiger partial charge on any atom is 0.168 e. The van der Waals surface area contributed by atoms with Gasteiger partial charge < -0.3 is 0 Å². The number of halogens is 3. The second kappa shape index (κ2) is 5.97. The van der Waals surface area contributed by atoms with E-state index in [2.05, 4.69) is 31.9 Å². The molecule has 0 heterocycles. The first-order valence-corrected chi connectivity index (χ1v) is 7.30. The van der Waals surface area contributed by atoms with E-state index >= 15 is 0 Å². The average molecular weight is 386 g/mol. The van der Waals surface area contributed by atoms with Crippen molar-refractivity contribution < 1.29 is 9.18 Å². The fourth-order valence-electron chi connectivity index (χ4n) is 1.81. The molecule has 1 nitrogen and oxygen atoms in total. The van der Waals surface area contributed by atoms with Crippen LogP contribution in [0.5, 0.6) is 0 Å². The molecule has 0 atom stereocenters. The van der Waals surface area contributed by atoms with Crippen LogP contribution in [0.25, 0.3) is 0 Å². The van der Waals surface area contributed by atoms with Gasteiger partial charge in [0.1, 0.15) is 5.82 Å². The van der Waals surface area contributed by atoms with Crippen LogP contribution in [0.15, 0.2) is 45.3 Å². The average Bonchev–Trinajstić information content (AvgIpc) is 2.38. The third kappa shape index (κ3) is 3.31. The predicted molar refractivity (Wildman–Crippen MR) is 81.0 cm³/mol. The molecular weight excluding hydrogens is 375 g/mol. The summed E-state index contributed by atoms with van der Waals surface area (Å²) in [7, 11) is 0. The van der Waals surface area contributed by atoms with Crippen molar-refractivity contribution in [3.8, 4) is 0 Å². The topological polar surface area (TPSA) is 17.1 Å². The maximum absolute atomic E-state index is 13.4. The van der Waals surface area contributed by atoms with Gasteiger partial charge in [-0.2, -0.15) is 0 Å². The Balaban J connectivity index is 2.31. The number of carbonyl (C=O) groups excluding carboxylic acids is 1. The molecule has 0 aliphatic carbocycles. The van der Waals surface area contributed by atoms with Crippen LogP contribution in [-0.4, -0.2) is 5.78 Å². The van der Waals surface area contributed by atoms with E-state index in [1.807, 2.05) is 25.1 Å². The lowest BCUT2D eigenvalue weighted by atomic mass is 10.0. The van der Waals surface area contributed by atoms with Crippen LogP contribution in [-0.2, 0) is 6.42 Å². The lowest BCUT2D eigenvalue weighted by Gasteiger charge is -2.07. The lowest BCUT2D eigenvalue weighted by molar-refractivity contribution is 0.0992. The van der Waals surface area contributed by atoms with Gasteiger partial charge in [0.15, 0.2) is 5.78 Å². The molecule has 2 aromatic carbocycles. The van der Waals surface area contributed by atoms with Crippen molar-refractivity contribution in [3.63, 3.8) is 0 Å². The van der Waals surface area contributed by atoms with Gasteiger partial charge in [-0.05, 0) is 46.6 Å². The normalized spacial score (nSPS) is 10.5. The first kappa shape index (κ1) is 14.4. The monoisotopic (exact) mass is 384 g/mol. The fraction of sp³-hybridized carbons (Fsp3) is 0.133. The largest absolute Gasteiger partial charge is 0.294 e. The molecule has 4 heteroatoms. The molecule has 0 saturated heterocycles.